The lowest BCUT2D eigenvalue weighted by Gasteiger charge is -2.16. The molecule has 0 fully saturated rings. The molecule has 0 aliphatic rings. The fourth-order valence-electron chi connectivity index (χ4n) is 1.93. The van der Waals surface area contributed by atoms with Crippen molar-refractivity contribution in [2.24, 2.45) is 0 Å². The zero-order valence-corrected chi connectivity index (χ0v) is 12.4. The summed E-state index contributed by atoms with van der Waals surface area (Å²) in [6.07, 6.45) is 1.75. The lowest BCUT2D eigenvalue weighted by atomic mass is 10.1. The van der Waals surface area contributed by atoms with Crippen LogP contribution >= 0.6 is 0 Å². The Morgan fingerprint density at radius 3 is 2.67 bits per heavy atom. The number of hydrogen-bond acceptors (Lipinski definition) is 3. The van der Waals surface area contributed by atoms with Gasteiger partial charge in [-0.05, 0) is 24.5 Å². The summed E-state index contributed by atoms with van der Waals surface area (Å²) in [5.41, 5.74) is 1.60. The van der Waals surface area contributed by atoms with E-state index in [1.165, 1.54) is 0 Å². The first kappa shape index (κ1) is 17.0. The van der Waals surface area contributed by atoms with E-state index in [-0.39, 0.29) is 0 Å². The SMILES string of the molecule is CCCC(NC(=O)Nc1ccccc1CCOC)C(=O)O. The molecule has 1 atom stereocenters. The van der Waals surface area contributed by atoms with Gasteiger partial charge in [-0.3, -0.25) is 0 Å². The Morgan fingerprint density at radius 1 is 1.33 bits per heavy atom. The normalized spacial score (nSPS) is 11.7. The second-order valence-corrected chi connectivity index (χ2v) is 4.68. The third kappa shape index (κ3) is 5.83. The van der Waals surface area contributed by atoms with Gasteiger partial charge in [-0.1, -0.05) is 31.5 Å². The molecule has 6 heteroatoms. The Hall–Kier alpha value is -2.08. The van der Waals surface area contributed by atoms with Gasteiger partial charge in [-0.15, -0.1) is 0 Å². The maximum atomic E-state index is 11.9. The van der Waals surface area contributed by atoms with Gasteiger partial charge in [0.05, 0.1) is 6.61 Å². The third-order valence-electron chi connectivity index (χ3n) is 3.02. The lowest BCUT2D eigenvalue weighted by Crippen LogP contribution is -2.43. The predicted octanol–water partition coefficient (Wildman–Crippen LogP) is 2.25. The highest BCUT2D eigenvalue weighted by atomic mass is 16.5. The first-order valence-electron chi connectivity index (χ1n) is 6.95. The highest BCUT2D eigenvalue weighted by Gasteiger charge is 2.19. The van der Waals surface area contributed by atoms with Gasteiger partial charge in [0.1, 0.15) is 6.04 Å². The van der Waals surface area contributed by atoms with Crippen LogP contribution in [0.15, 0.2) is 24.3 Å². The van der Waals surface area contributed by atoms with Crippen LogP contribution < -0.4 is 10.6 Å². The molecule has 2 amide bonds. The smallest absolute Gasteiger partial charge is 0.326 e. The van der Waals surface area contributed by atoms with Crippen molar-refractivity contribution in [1.29, 1.82) is 0 Å². The molecule has 0 bridgehead atoms. The Balaban J connectivity index is 2.67. The number of urea groups is 1. The van der Waals surface area contributed by atoms with Crippen molar-refractivity contribution >= 4 is 17.7 Å². The zero-order valence-electron chi connectivity index (χ0n) is 12.4. The van der Waals surface area contributed by atoms with Gasteiger partial charge in [0, 0.05) is 12.8 Å². The van der Waals surface area contributed by atoms with Crippen molar-refractivity contribution < 1.29 is 19.4 Å². The minimum atomic E-state index is -1.03. The first-order chi connectivity index (χ1) is 10.1. The summed E-state index contributed by atoms with van der Waals surface area (Å²) in [5.74, 6) is -1.03. The maximum Gasteiger partial charge on any atom is 0.326 e. The summed E-state index contributed by atoms with van der Waals surface area (Å²) >= 11 is 0. The molecule has 0 radical (unpaired) electrons. The van der Waals surface area contributed by atoms with Crippen molar-refractivity contribution in [3.8, 4) is 0 Å². The molecule has 3 N–H and O–H groups in total. The van der Waals surface area contributed by atoms with E-state index in [0.717, 1.165) is 5.56 Å². The summed E-state index contributed by atoms with van der Waals surface area (Å²) in [5, 5.41) is 14.2. The van der Waals surface area contributed by atoms with Crippen LogP contribution in [0.5, 0.6) is 0 Å². The molecule has 116 valence electrons. The van der Waals surface area contributed by atoms with E-state index in [9.17, 15) is 9.59 Å². The number of carbonyl (C=O) groups is 2. The maximum absolute atomic E-state index is 11.9. The molecule has 6 nitrogen and oxygen atoms in total. The summed E-state index contributed by atoms with van der Waals surface area (Å²) < 4.78 is 5.03. The minimum Gasteiger partial charge on any atom is -0.480 e. The number of rotatable bonds is 8. The molecule has 0 saturated carbocycles. The fourth-order valence-corrected chi connectivity index (χ4v) is 1.93. The van der Waals surface area contributed by atoms with E-state index in [1.807, 2.05) is 25.1 Å². The highest BCUT2D eigenvalue weighted by Crippen LogP contribution is 2.15. The summed E-state index contributed by atoms with van der Waals surface area (Å²) in [4.78, 5) is 22.9. The predicted molar refractivity (Wildman–Crippen MR) is 80.5 cm³/mol. The molecular formula is C15H22N2O4. The quantitative estimate of drug-likeness (QED) is 0.686. The standard InChI is InChI=1S/C15H22N2O4/c1-3-6-13(14(18)19)17-15(20)16-12-8-5-4-7-11(12)9-10-21-2/h4-5,7-8,13H,3,6,9-10H2,1-2H3,(H,18,19)(H2,16,17,20). The second kappa shape index (κ2) is 8.97. The summed E-state index contributed by atoms with van der Waals surface area (Å²) in [6.45, 7) is 2.42. The fraction of sp³-hybridized carbons (Fsp3) is 0.467. The Morgan fingerprint density at radius 2 is 2.05 bits per heavy atom. The summed E-state index contributed by atoms with van der Waals surface area (Å²) in [6, 6.07) is 5.98. The molecule has 0 saturated heterocycles. The third-order valence-corrected chi connectivity index (χ3v) is 3.02. The zero-order chi connectivity index (χ0) is 15.7. The van der Waals surface area contributed by atoms with Crippen molar-refractivity contribution in [2.75, 3.05) is 19.0 Å². The number of ether oxygens (including phenoxy) is 1. The van der Waals surface area contributed by atoms with Gasteiger partial charge in [0.2, 0.25) is 0 Å². The molecule has 1 unspecified atom stereocenters. The van der Waals surface area contributed by atoms with Crippen LogP contribution in [0.2, 0.25) is 0 Å². The van der Waals surface area contributed by atoms with Crippen molar-refractivity contribution in [3.05, 3.63) is 29.8 Å². The van der Waals surface area contributed by atoms with E-state index < -0.39 is 18.0 Å². The molecule has 0 heterocycles. The molecule has 1 aromatic carbocycles. The molecule has 0 aliphatic carbocycles. The Kier molecular flexibility index (Phi) is 7.25. The number of carbonyl (C=O) groups excluding carboxylic acids is 1. The van der Waals surface area contributed by atoms with Gasteiger partial charge in [0.15, 0.2) is 0 Å². The number of para-hydroxylation sites is 1. The van der Waals surface area contributed by atoms with Gasteiger partial charge in [-0.2, -0.15) is 0 Å². The van der Waals surface area contributed by atoms with Crippen LogP contribution in [0.3, 0.4) is 0 Å². The number of hydrogen-bond donors (Lipinski definition) is 3. The van der Waals surface area contributed by atoms with Crippen LogP contribution in [0.25, 0.3) is 0 Å². The number of nitrogens with one attached hydrogen (secondary N) is 2. The average molecular weight is 294 g/mol. The molecular weight excluding hydrogens is 272 g/mol. The molecule has 0 aliphatic heterocycles. The Bertz CT molecular complexity index is 476. The van der Waals surface area contributed by atoms with Crippen LogP contribution in [0, 0.1) is 0 Å². The van der Waals surface area contributed by atoms with Crippen LogP contribution in [-0.2, 0) is 16.0 Å². The number of benzene rings is 1. The second-order valence-electron chi connectivity index (χ2n) is 4.68. The number of aliphatic carboxylic acids is 1. The topological polar surface area (TPSA) is 87.7 Å². The molecule has 1 aromatic rings. The largest absolute Gasteiger partial charge is 0.480 e. The van der Waals surface area contributed by atoms with E-state index in [1.54, 1.807) is 13.2 Å². The van der Waals surface area contributed by atoms with E-state index >= 15 is 0 Å². The number of amides is 2. The van der Waals surface area contributed by atoms with Gasteiger partial charge < -0.3 is 20.5 Å². The van der Waals surface area contributed by atoms with Crippen molar-refractivity contribution in [3.63, 3.8) is 0 Å². The summed E-state index contributed by atoms with van der Waals surface area (Å²) in [7, 11) is 1.62. The minimum absolute atomic E-state index is 0.397. The van der Waals surface area contributed by atoms with Crippen LogP contribution in [0.4, 0.5) is 10.5 Å². The molecule has 21 heavy (non-hydrogen) atoms. The lowest BCUT2D eigenvalue weighted by molar-refractivity contribution is -0.139. The van der Waals surface area contributed by atoms with E-state index in [0.29, 0.717) is 31.6 Å². The van der Waals surface area contributed by atoms with Crippen LogP contribution in [-0.4, -0.2) is 36.9 Å². The monoisotopic (exact) mass is 294 g/mol. The van der Waals surface area contributed by atoms with E-state index in [2.05, 4.69) is 10.6 Å². The number of carboxylic acids is 1. The number of anilines is 1. The molecule has 0 spiro atoms. The van der Waals surface area contributed by atoms with Gasteiger partial charge in [-0.25, -0.2) is 9.59 Å². The number of carboxylic acid groups (broad SMARTS) is 1. The van der Waals surface area contributed by atoms with E-state index in [4.69, 9.17) is 9.84 Å². The Labute approximate surface area is 124 Å². The first-order valence-corrected chi connectivity index (χ1v) is 6.95. The average Bonchev–Trinajstić information content (AvgIpc) is 2.45. The molecule has 1 rings (SSSR count). The van der Waals surface area contributed by atoms with Gasteiger partial charge >= 0.3 is 12.0 Å². The number of methoxy groups -OCH3 is 1. The van der Waals surface area contributed by atoms with Crippen molar-refractivity contribution in [2.45, 2.75) is 32.2 Å². The van der Waals surface area contributed by atoms with Crippen LogP contribution in [0.1, 0.15) is 25.3 Å². The van der Waals surface area contributed by atoms with Crippen molar-refractivity contribution in [1.82, 2.24) is 5.32 Å². The molecule has 0 aromatic heterocycles. The van der Waals surface area contributed by atoms with Gasteiger partial charge in [0.25, 0.3) is 0 Å². The highest BCUT2D eigenvalue weighted by molar-refractivity contribution is 5.92.